The third-order valence-corrected chi connectivity index (χ3v) is 4.46. The van der Waals surface area contributed by atoms with E-state index in [1.165, 1.54) is 19.2 Å². The molecule has 1 saturated heterocycles. The molecule has 1 atom stereocenters. The summed E-state index contributed by atoms with van der Waals surface area (Å²) in [6.45, 7) is 3.70. The van der Waals surface area contributed by atoms with E-state index >= 15 is 0 Å². The zero-order valence-corrected chi connectivity index (χ0v) is 13.0. The molecule has 1 aliphatic heterocycles. The predicted molar refractivity (Wildman–Crippen MR) is 78.2 cm³/mol. The summed E-state index contributed by atoms with van der Waals surface area (Å²) in [5, 5.41) is 5.17. The Balaban J connectivity index is 2.38. The Morgan fingerprint density at radius 1 is 1.43 bits per heavy atom. The van der Waals surface area contributed by atoms with E-state index in [-0.39, 0.29) is 17.4 Å². The zero-order valence-electron chi connectivity index (χ0n) is 12.2. The Bertz CT molecular complexity index is 642. The molecule has 0 spiro atoms. The minimum atomic E-state index is -3.86. The number of methoxy groups -OCH3 is 1. The summed E-state index contributed by atoms with van der Waals surface area (Å²) in [7, 11) is -2.35. The van der Waals surface area contributed by atoms with Gasteiger partial charge in [-0.15, -0.1) is 0 Å². The first-order valence-electron chi connectivity index (χ1n) is 6.76. The summed E-state index contributed by atoms with van der Waals surface area (Å²) in [5.74, 6) is 0.302. The number of hydrogen-bond donors (Lipinski definition) is 1. The van der Waals surface area contributed by atoms with Crippen LogP contribution in [0.2, 0.25) is 0 Å². The van der Waals surface area contributed by atoms with Gasteiger partial charge in [0, 0.05) is 25.8 Å². The van der Waals surface area contributed by atoms with Crippen LogP contribution >= 0.6 is 0 Å². The number of carbonyl (C=O) groups excluding carboxylic acids is 1. The fourth-order valence-corrected chi connectivity index (χ4v) is 3.11. The van der Waals surface area contributed by atoms with Gasteiger partial charge in [-0.25, -0.2) is 13.6 Å². The molecule has 7 heteroatoms. The average Bonchev–Trinajstić information content (AvgIpc) is 2.83. The van der Waals surface area contributed by atoms with Crippen LogP contribution < -0.4 is 5.14 Å². The van der Waals surface area contributed by atoms with Crippen LogP contribution in [0.5, 0.6) is 0 Å². The van der Waals surface area contributed by atoms with Gasteiger partial charge < -0.3 is 9.64 Å². The van der Waals surface area contributed by atoms with Crippen molar-refractivity contribution in [3.8, 4) is 0 Å². The third kappa shape index (κ3) is 3.81. The second-order valence-corrected chi connectivity index (χ2v) is 7.05. The van der Waals surface area contributed by atoms with Crippen molar-refractivity contribution in [2.45, 2.75) is 24.8 Å². The fourth-order valence-electron chi connectivity index (χ4n) is 2.50. The van der Waals surface area contributed by atoms with Crippen molar-refractivity contribution >= 4 is 15.9 Å². The van der Waals surface area contributed by atoms with Crippen molar-refractivity contribution in [2.75, 3.05) is 20.2 Å². The summed E-state index contributed by atoms with van der Waals surface area (Å²) >= 11 is 0. The number of rotatable bonds is 4. The molecule has 1 aromatic rings. The predicted octanol–water partition coefficient (Wildman–Crippen LogP) is 0.962. The summed E-state index contributed by atoms with van der Waals surface area (Å²) in [6, 6.07) is 4.42. The van der Waals surface area contributed by atoms with Crippen molar-refractivity contribution in [1.29, 1.82) is 0 Å². The molecule has 2 N–H and O–H groups in total. The molecule has 1 unspecified atom stereocenters. The number of benzene rings is 1. The molecule has 1 amide bonds. The highest BCUT2D eigenvalue weighted by atomic mass is 32.2. The molecule has 1 heterocycles. The zero-order chi connectivity index (χ0) is 15.6. The number of hydrogen-bond acceptors (Lipinski definition) is 4. The number of ether oxygens (including phenoxy) is 1. The Hall–Kier alpha value is -1.44. The molecule has 6 nitrogen and oxygen atoms in total. The van der Waals surface area contributed by atoms with Crippen LogP contribution in [0, 0.1) is 5.92 Å². The lowest BCUT2D eigenvalue weighted by Gasteiger charge is -2.17. The van der Waals surface area contributed by atoms with Gasteiger partial charge in [-0.05, 0) is 36.1 Å². The minimum Gasteiger partial charge on any atom is -0.380 e. The Labute approximate surface area is 124 Å². The van der Waals surface area contributed by atoms with E-state index in [4.69, 9.17) is 9.88 Å². The highest BCUT2D eigenvalue weighted by Gasteiger charge is 2.25. The number of carbonyl (C=O) groups is 1. The van der Waals surface area contributed by atoms with Gasteiger partial charge in [-0.1, -0.05) is 6.92 Å². The minimum absolute atomic E-state index is 0.0624. The van der Waals surface area contributed by atoms with Crippen LogP contribution in [0.4, 0.5) is 0 Å². The molecule has 1 aromatic carbocycles. The number of sulfonamides is 1. The highest BCUT2D eigenvalue weighted by Crippen LogP contribution is 2.21. The molecule has 116 valence electrons. The smallest absolute Gasteiger partial charge is 0.253 e. The van der Waals surface area contributed by atoms with Crippen LogP contribution in [0.1, 0.15) is 29.3 Å². The first-order valence-corrected chi connectivity index (χ1v) is 8.31. The van der Waals surface area contributed by atoms with Crippen molar-refractivity contribution in [2.24, 2.45) is 11.1 Å². The van der Waals surface area contributed by atoms with E-state index in [1.54, 1.807) is 11.0 Å². The Kier molecular flexibility index (Phi) is 4.65. The Morgan fingerprint density at radius 2 is 2.14 bits per heavy atom. The van der Waals surface area contributed by atoms with Crippen LogP contribution in [0.25, 0.3) is 0 Å². The molecule has 0 aliphatic carbocycles. The maximum atomic E-state index is 12.5. The van der Waals surface area contributed by atoms with Crippen LogP contribution in [-0.4, -0.2) is 39.4 Å². The number of primary sulfonamides is 1. The second kappa shape index (κ2) is 6.13. The molecule has 0 aromatic heterocycles. The average molecular weight is 312 g/mol. The molecule has 2 rings (SSSR count). The number of nitrogens with zero attached hydrogens (tertiary/aromatic N) is 1. The molecule has 0 radical (unpaired) electrons. The highest BCUT2D eigenvalue weighted by molar-refractivity contribution is 7.89. The maximum absolute atomic E-state index is 12.5. The van der Waals surface area contributed by atoms with E-state index in [1.807, 2.05) is 0 Å². The van der Waals surface area contributed by atoms with Gasteiger partial charge in [0.1, 0.15) is 0 Å². The van der Waals surface area contributed by atoms with E-state index in [0.717, 1.165) is 6.42 Å². The van der Waals surface area contributed by atoms with Crippen LogP contribution in [-0.2, 0) is 21.4 Å². The van der Waals surface area contributed by atoms with Gasteiger partial charge in [0.05, 0.1) is 11.5 Å². The number of amides is 1. The summed E-state index contributed by atoms with van der Waals surface area (Å²) < 4.78 is 28.1. The van der Waals surface area contributed by atoms with Gasteiger partial charge in [-0.2, -0.15) is 0 Å². The van der Waals surface area contributed by atoms with Gasteiger partial charge in [0.15, 0.2) is 0 Å². The van der Waals surface area contributed by atoms with E-state index in [0.29, 0.717) is 30.1 Å². The lowest BCUT2D eigenvalue weighted by Crippen LogP contribution is -2.29. The van der Waals surface area contributed by atoms with Gasteiger partial charge in [0.2, 0.25) is 10.0 Å². The maximum Gasteiger partial charge on any atom is 0.253 e. The van der Waals surface area contributed by atoms with Gasteiger partial charge in [0.25, 0.3) is 5.91 Å². The van der Waals surface area contributed by atoms with Crippen LogP contribution in [0.15, 0.2) is 23.1 Å². The molecule has 1 fully saturated rings. The topological polar surface area (TPSA) is 89.7 Å². The first kappa shape index (κ1) is 15.9. The third-order valence-electron chi connectivity index (χ3n) is 3.56. The largest absolute Gasteiger partial charge is 0.380 e. The van der Waals surface area contributed by atoms with Gasteiger partial charge in [-0.3, -0.25) is 4.79 Å². The van der Waals surface area contributed by atoms with Crippen molar-refractivity contribution in [3.63, 3.8) is 0 Å². The molecular weight excluding hydrogens is 292 g/mol. The molecule has 1 aliphatic rings. The monoisotopic (exact) mass is 312 g/mol. The van der Waals surface area contributed by atoms with E-state index in [2.05, 4.69) is 6.92 Å². The normalized spacial score (nSPS) is 19.0. The molecular formula is C14H20N2O4S. The van der Waals surface area contributed by atoms with Crippen molar-refractivity contribution in [1.82, 2.24) is 4.90 Å². The van der Waals surface area contributed by atoms with E-state index < -0.39 is 10.0 Å². The first-order chi connectivity index (χ1) is 9.81. The lowest BCUT2D eigenvalue weighted by molar-refractivity contribution is 0.0787. The number of nitrogens with two attached hydrogens (primary N) is 1. The summed E-state index contributed by atoms with van der Waals surface area (Å²) in [4.78, 5) is 14.2. The van der Waals surface area contributed by atoms with E-state index in [9.17, 15) is 13.2 Å². The summed E-state index contributed by atoms with van der Waals surface area (Å²) in [6.07, 6.45) is 0.964. The summed E-state index contributed by atoms with van der Waals surface area (Å²) in [5.41, 5.74) is 0.947. The Morgan fingerprint density at radius 3 is 2.67 bits per heavy atom. The standard InChI is InChI=1S/C14H20N2O4S/c1-10-3-4-16(8-10)14(17)12-5-11(9-20-2)6-13(7-12)21(15,18)19/h5-7,10H,3-4,8-9H2,1-2H3,(H2,15,18,19). The molecule has 0 saturated carbocycles. The van der Waals surface area contributed by atoms with Crippen molar-refractivity contribution < 1.29 is 17.9 Å². The number of likely N-dealkylation sites (tertiary alicyclic amines) is 1. The molecule has 0 bridgehead atoms. The fraction of sp³-hybridized carbons (Fsp3) is 0.500. The lowest BCUT2D eigenvalue weighted by atomic mass is 10.1. The van der Waals surface area contributed by atoms with Gasteiger partial charge >= 0.3 is 0 Å². The van der Waals surface area contributed by atoms with Crippen molar-refractivity contribution in [3.05, 3.63) is 29.3 Å². The SMILES string of the molecule is COCc1cc(C(=O)N2CCC(C)C2)cc(S(N)(=O)=O)c1. The quantitative estimate of drug-likeness (QED) is 0.896. The second-order valence-electron chi connectivity index (χ2n) is 5.49. The van der Waals surface area contributed by atoms with Crippen LogP contribution in [0.3, 0.4) is 0 Å². The molecule has 21 heavy (non-hydrogen) atoms.